The predicted octanol–water partition coefficient (Wildman–Crippen LogP) is 2.95. The Morgan fingerprint density at radius 3 is 3.00 bits per heavy atom. The monoisotopic (exact) mass is 243 g/mol. The molecule has 0 aliphatic heterocycles. The highest BCUT2D eigenvalue weighted by Gasteiger charge is 2.08. The van der Waals surface area contributed by atoms with Gasteiger partial charge in [-0.05, 0) is 17.5 Å². The van der Waals surface area contributed by atoms with Gasteiger partial charge < -0.3 is 10.8 Å². The van der Waals surface area contributed by atoms with Crippen molar-refractivity contribution in [3.05, 3.63) is 22.0 Å². The first-order valence-electron chi connectivity index (χ1n) is 3.34. The highest BCUT2D eigenvalue weighted by Crippen LogP contribution is 2.39. The Morgan fingerprint density at radius 2 is 2.25 bits per heavy atom. The molecule has 12 heavy (non-hydrogen) atoms. The van der Waals surface area contributed by atoms with Gasteiger partial charge in [-0.2, -0.15) is 0 Å². The van der Waals surface area contributed by atoms with Crippen LogP contribution in [0.15, 0.2) is 22.0 Å². The van der Waals surface area contributed by atoms with E-state index in [-0.39, 0.29) is 5.75 Å². The summed E-state index contributed by atoms with van der Waals surface area (Å²) in [5.74, 6) is 0.184. The minimum atomic E-state index is 0.184. The Morgan fingerprint density at radius 1 is 1.50 bits per heavy atom. The lowest BCUT2D eigenvalue weighted by atomic mass is 10.2. The van der Waals surface area contributed by atoms with Crippen molar-refractivity contribution < 1.29 is 5.11 Å². The Hall–Kier alpha value is -0.740. The Balaban J connectivity index is 2.97. The van der Waals surface area contributed by atoms with Gasteiger partial charge in [-0.25, -0.2) is 0 Å². The van der Waals surface area contributed by atoms with Crippen LogP contribution in [0.4, 0.5) is 5.69 Å². The van der Waals surface area contributed by atoms with Gasteiger partial charge in [0.15, 0.2) is 5.75 Å². The van der Waals surface area contributed by atoms with E-state index in [2.05, 4.69) is 15.9 Å². The molecule has 0 radical (unpaired) electrons. The first-order chi connectivity index (χ1) is 5.70. The summed E-state index contributed by atoms with van der Waals surface area (Å²) in [5.41, 5.74) is 5.99. The first kappa shape index (κ1) is 7.89. The molecule has 1 aromatic heterocycles. The van der Waals surface area contributed by atoms with Crippen molar-refractivity contribution in [3.8, 4) is 5.75 Å². The summed E-state index contributed by atoms with van der Waals surface area (Å²) in [5, 5.41) is 12.5. The molecule has 0 aliphatic rings. The summed E-state index contributed by atoms with van der Waals surface area (Å²) in [4.78, 5) is 0. The molecule has 1 heterocycles. The van der Waals surface area contributed by atoms with Gasteiger partial charge in [0, 0.05) is 9.86 Å². The number of anilines is 1. The molecule has 3 N–H and O–H groups in total. The maximum Gasteiger partial charge on any atom is 0.156 e. The molecule has 0 fully saturated rings. The molecule has 2 nitrogen and oxygen atoms in total. The third-order valence-corrected chi connectivity index (χ3v) is 3.27. The number of benzene rings is 1. The quantitative estimate of drug-likeness (QED) is 0.552. The Kier molecular flexibility index (Phi) is 1.73. The topological polar surface area (TPSA) is 46.2 Å². The van der Waals surface area contributed by atoms with Gasteiger partial charge in [0.25, 0.3) is 0 Å². The molecule has 0 aliphatic carbocycles. The highest BCUT2D eigenvalue weighted by atomic mass is 79.9. The standard InChI is InChI=1S/C8H6BrNOS/c9-5-3-6(10)7(11)8-4(5)1-2-12-8/h1-3,11H,10H2. The molecule has 4 heteroatoms. The van der Waals surface area contributed by atoms with Gasteiger partial charge in [0.2, 0.25) is 0 Å². The maximum atomic E-state index is 9.54. The van der Waals surface area contributed by atoms with E-state index < -0.39 is 0 Å². The first-order valence-corrected chi connectivity index (χ1v) is 5.01. The molecule has 0 unspecified atom stereocenters. The number of halogens is 1. The molecule has 0 atom stereocenters. The number of phenols is 1. The minimum absolute atomic E-state index is 0.184. The maximum absolute atomic E-state index is 9.54. The minimum Gasteiger partial charge on any atom is -0.504 e. The Labute approximate surface area is 81.8 Å². The fraction of sp³-hybridized carbons (Fsp3) is 0. The summed E-state index contributed by atoms with van der Waals surface area (Å²) >= 11 is 4.86. The molecule has 0 bridgehead atoms. The van der Waals surface area contributed by atoms with E-state index in [1.54, 1.807) is 6.07 Å². The van der Waals surface area contributed by atoms with Crippen molar-refractivity contribution in [1.82, 2.24) is 0 Å². The largest absolute Gasteiger partial charge is 0.504 e. The van der Waals surface area contributed by atoms with Crippen LogP contribution in [0.25, 0.3) is 10.1 Å². The van der Waals surface area contributed by atoms with Gasteiger partial charge in [0.1, 0.15) is 0 Å². The van der Waals surface area contributed by atoms with E-state index in [1.165, 1.54) is 11.3 Å². The summed E-state index contributed by atoms with van der Waals surface area (Å²) in [6.45, 7) is 0. The number of fused-ring (bicyclic) bond motifs is 1. The lowest BCUT2D eigenvalue weighted by molar-refractivity contribution is 0.485. The lowest BCUT2D eigenvalue weighted by Crippen LogP contribution is -1.85. The highest BCUT2D eigenvalue weighted by molar-refractivity contribution is 9.10. The number of nitrogens with two attached hydrogens (primary N) is 1. The smallest absolute Gasteiger partial charge is 0.156 e. The van der Waals surface area contributed by atoms with Crippen LogP contribution in [0.1, 0.15) is 0 Å². The number of thiophene rings is 1. The average molecular weight is 244 g/mol. The van der Waals surface area contributed by atoms with Crippen LogP contribution in [-0.4, -0.2) is 5.11 Å². The van der Waals surface area contributed by atoms with Gasteiger partial charge in [0.05, 0.1) is 10.4 Å². The number of rotatable bonds is 0. The third kappa shape index (κ3) is 0.990. The van der Waals surface area contributed by atoms with Crippen molar-refractivity contribution >= 4 is 43.0 Å². The summed E-state index contributed by atoms with van der Waals surface area (Å²) < 4.78 is 1.76. The molecular formula is C8H6BrNOS. The fourth-order valence-electron chi connectivity index (χ4n) is 1.09. The molecular weight excluding hydrogens is 238 g/mol. The van der Waals surface area contributed by atoms with E-state index in [4.69, 9.17) is 5.73 Å². The van der Waals surface area contributed by atoms with Gasteiger partial charge >= 0.3 is 0 Å². The molecule has 2 aromatic rings. The second-order valence-corrected chi connectivity index (χ2v) is 4.23. The van der Waals surface area contributed by atoms with Crippen LogP contribution in [0.3, 0.4) is 0 Å². The van der Waals surface area contributed by atoms with E-state index in [9.17, 15) is 5.11 Å². The zero-order valence-electron chi connectivity index (χ0n) is 6.04. The van der Waals surface area contributed by atoms with Crippen molar-refractivity contribution in [2.24, 2.45) is 0 Å². The molecule has 1 aromatic carbocycles. The van der Waals surface area contributed by atoms with E-state index >= 15 is 0 Å². The molecule has 0 saturated heterocycles. The zero-order chi connectivity index (χ0) is 8.72. The summed E-state index contributed by atoms with van der Waals surface area (Å²) in [6.07, 6.45) is 0. The van der Waals surface area contributed by atoms with Gasteiger partial charge in [-0.3, -0.25) is 0 Å². The van der Waals surface area contributed by atoms with Crippen LogP contribution in [0, 0.1) is 0 Å². The normalized spacial score (nSPS) is 10.8. The molecule has 2 rings (SSSR count). The second-order valence-electron chi connectivity index (χ2n) is 2.46. The van der Waals surface area contributed by atoms with Crippen molar-refractivity contribution in [3.63, 3.8) is 0 Å². The van der Waals surface area contributed by atoms with E-state index in [0.29, 0.717) is 5.69 Å². The van der Waals surface area contributed by atoms with Crippen molar-refractivity contribution in [2.75, 3.05) is 5.73 Å². The van der Waals surface area contributed by atoms with Crippen LogP contribution in [0.2, 0.25) is 0 Å². The van der Waals surface area contributed by atoms with Gasteiger partial charge in [-0.15, -0.1) is 11.3 Å². The molecule has 0 saturated carbocycles. The van der Waals surface area contributed by atoms with Crippen molar-refractivity contribution in [1.29, 1.82) is 0 Å². The zero-order valence-corrected chi connectivity index (χ0v) is 8.45. The van der Waals surface area contributed by atoms with E-state index in [0.717, 1.165) is 14.6 Å². The van der Waals surface area contributed by atoms with Crippen LogP contribution in [0.5, 0.6) is 5.75 Å². The second kappa shape index (κ2) is 2.64. The van der Waals surface area contributed by atoms with Crippen molar-refractivity contribution in [2.45, 2.75) is 0 Å². The number of hydrogen-bond donors (Lipinski definition) is 2. The third-order valence-electron chi connectivity index (χ3n) is 1.69. The predicted molar refractivity (Wildman–Crippen MR) is 55.6 cm³/mol. The Bertz CT molecular complexity index is 438. The fourth-order valence-corrected chi connectivity index (χ4v) is 2.68. The van der Waals surface area contributed by atoms with Crippen LogP contribution < -0.4 is 5.73 Å². The van der Waals surface area contributed by atoms with Crippen LogP contribution >= 0.6 is 27.3 Å². The number of phenolic OH excluding ortho intramolecular Hbond substituents is 1. The van der Waals surface area contributed by atoms with Crippen LogP contribution in [-0.2, 0) is 0 Å². The average Bonchev–Trinajstić information content (AvgIpc) is 2.48. The van der Waals surface area contributed by atoms with Gasteiger partial charge in [-0.1, -0.05) is 15.9 Å². The molecule has 0 spiro atoms. The molecule has 62 valence electrons. The molecule has 0 amide bonds. The summed E-state index contributed by atoms with van der Waals surface area (Å²) in [6, 6.07) is 3.66. The SMILES string of the molecule is Nc1cc(Br)c2ccsc2c1O. The number of aromatic hydroxyl groups is 1. The van der Waals surface area contributed by atoms with E-state index in [1.807, 2.05) is 11.4 Å². The number of hydrogen-bond acceptors (Lipinski definition) is 3. The summed E-state index contributed by atoms with van der Waals surface area (Å²) in [7, 11) is 0. The number of nitrogen functional groups attached to an aromatic ring is 1. The lowest BCUT2D eigenvalue weighted by Gasteiger charge is -2.01.